The van der Waals surface area contributed by atoms with Crippen molar-refractivity contribution in [2.75, 3.05) is 5.32 Å². The van der Waals surface area contributed by atoms with Crippen LogP contribution < -0.4 is 16.4 Å². The number of hydrogen-bond acceptors (Lipinski definition) is 6. The van der Waals surface area contributed by atoms with Crippen LogP contribution in [0, 0.1) is 0 Å². The Bertz CT molecular complexity index is 850. The van der Waals surface area contributed by atoms with Crippen molar-refractivity contribution in [1.29, 1.82) is 0 Å². The number of carbonyl (C=O) groups is 5. The molecule has 5 amide bonds. The van der Waals surface area contributed by atoms with Crippen LogP contribution in [0.4, 0.5) is 5.69 Å². The topological polar surface area (TPSA) is 139 Å². The highest BCUT2D eigenvalue weighted by Crippen LogP contribution is 2.32. The molecule has 1 saturated heterocycles. The number of piperidine rings is 1. The number of amides is 5. The molecule has 1 aromatic carbocycles. The summed E-state index contributed by atoms with van der Waals surface area (Å²) >= 11 is 0. The molecule has 1 aromatic rings. The molecular formula is C18H20N4O5. The number of imide groups is 2. The summed E-state index contributed by atoms with van der Waals surface area (Å²) in [5, 5.41) is 5.10. The van der Waals surface area contributed by atoms with E-state index in [2.05, 4.69) is 10.6 Å². The summed E-state index contributed by atoms with van der Waals surface area (Å²) in [6, 6.07) is 2.94. The number of nitrogens with zero attached hydrogens (tertiary/aromatic N) is 1. The van der Waals surface area contributed by atoms with Crippen LogP contribution in [-0.2, 0) is 14.4 Å². The van der Waals surface area contributed by atoms with Crippen LogP contribution >= 0.6 is 0 Å². The Kier molecular flexibility index (Phi) is 4.93. The lowest BCUT2D eigenvalue weighted by Gasteiger charge is -2.28. The number of nitrogens with two attached hydrogens (primary N) is 1. The second-order valence-electron chi connectivity index (χ2n) is 6.56. The SMILES string of the molecule is CCCC(Nc1cccc2c1C(=O)N(C1CCC(=O)NC1=O)C2=O)C(N)=O. The lowest BCUT2D eigenvalue weighted by Crippen LogP contribution is -2.54. The molecule has 0 saturated carbocycles. The number of nitrogens with one attached hydrogen (secondary N) is 2. The number of fused-ring (bicyclic) bond motifs is 1. The summed E-state index contributed by atoms with van der Waals surface area (Å²) < 4.78 is 0. The minimum Gasteiger partial charge on any atom is -0.373 e. The highest BCUT2D eigenvalue weighted by atomic mass is 16.2. The third-order valence-corrected chi connectivity index (χ3v) is 4.72. The van der Waals surface area contributed by atoms with Gasteiger partial charge in [-0.1, -0.05) is 19.4 Å². The zero-order valence-electron chi connectivity index (χ0n) is 14.8. The van der Waals surface area contributed by atoms with Crippen molar-refractivity contribution in [3.8, 4) is 0 Å². The third-order valence-electron chi connectivity index (χ3n) is 4.72. The van der Waals surface area contributed by atoms with Crippen LogP contribution in [0.2, 0.25) is 0 Å². The van der Waals surface area contributed by atoms with E-state index in [9.17, 15) is 24.0 Å². The molecule has 4 N–H and O–H groups in total. The van der Waals surface area contributed by atoms with E-state index >= 15 is 0 Å². The normalized spacial score (nSPS) is 20.3. The van der Waals surface area contributed by atoms with Gasteiger partial charge in [0, 0.05) is 12.1 Å². The number of carbonyl (C=O) groups excluding carboxylic acids is 5. The summed E-state index contributed by atoms with van der Waals surface area (Å²) in [5.74, 6) is -2.89. The Balaban J connectivity index is 1.93. The lowest BCUT2D eigenvalue weighted by atomic mass is 10.0. The maximum absolute atomic E-state index is 12.9. The molecular weight excluding hydrogens is 352 g/mol. The van der Waals surface area contributed by atoms with Crippen molar-refractivity contribution in [3.05, 3.63) is 29.3 Å². The third kappa shape index (κ3) is 3.27. The number of benzene rings is 1. The van der Waals surface area contributed by atoms with E-state index in [0.717, 1.165) is 4.90 Å². The number of rotatable bonds is 6. The molecule has 0 aromatic heterocycles. The van der Waals surface area contributed by atoms with Gasteiger partial charge in [0.25, 0.3) is 11.8 Å². The molecule has 2 unspecified atom stereocenters. The minimum atomic E-state index is -1.04. The minimum absolute atomic E-state index is 0.0508. The highest BCUT2D eigenvalue weighted by molar-refractivity contribution is 6.25. The molecule has 1 fully saturated rings. The molecule has 0 radical (unpaired) electrons. The first-order valence-electron chi connectivity index (χ1n) is 8.75. The first-order chi connectivity index (χ1) is 12.8. The molecule has 2 aliphatic rings. The largest absolute Gasteiger partial charge is 0.373 e. The molecule has 3 rings (SSSR count). The zero-order chi connectivity index (χ0) is 19.7. The monoisotopic (exact) mass is 372 g/mol. The van der Waals surface area contributed by atoms with Gasteiger partial charge in [0.05, 0.1) is 11.1 Å². The van der Waals surface area contributed by atoms with Crippen molar-refractivity contribution in [2.24, 2.45) is 5.73 Å². The summed E-state index contributed by atoms with van der Waals surface area (Å²) in [6.45, 7) is 1.90. The second kappa shape index (κ2) is 7.18. The Hall–Kier alpha value is -3.23. The maximum atomic E-state index is 12.9. The number of anilines is 1. The summed E-state index contributed by atoms with van der Waals surface area (Å²) in [4.78, 5) is 61.7. The average molecular weight is 372 g/mol. The van der Waals surface area contributed by atoms with Crippen LogP contribution in [0.3, 0.4) is 0 Å². The summed E-state index contributed by atoms with van der Waals surface area (Å²) in [7, 11) is 0. The van der Waals surface area contributed by atoms with Gasteiger partial charge in [-0.05, 0) is 25.0 Å². The van der Waals surface area contributed by atoms with Crippen LogP contribution in [0.5, 0.6) is 0 Å². The molecule has 2 atom stereocenters. The van der Waals surface area contributed by atoms with Crippen molar-refractivity contribution in [3.63, 3.8) is 0 Å². The highest BCUT2D eigenvalue weighted by Gasteiger charge is 2.45. The standard InChI is InChI=1S/C18H20N4O5/c1-2-4-11(15(19)24)20-10-6-3-5-9-14(10)18(27)22(17(9)26)12-7-8-13(23)21-16(12)25/h3,5-6,11-12,20H,2,4,7-8H2,1H3,(H2,19,24)(H,21,23,25). The van der Waals surface area contributed by atoms with E-state index in [0.29, 0.717) is 18.5 Å². The Morgan fingerprint density at radius 3 is 2.67 bits per heavy atom. The van der Waals surface area contributed by atoms with Crippen molar-refractivity contribution in [2.45, 2.75) is 44.7 Å². The fourth-order valence-corrected chi connectivity index (χ4v) is 3.40. The zero-order valence-corrected chi connectivity index (χ0v) is 14.8. The Morgan fingerprint density at radius 2 is 2.04 bits per heavy atom. The van der Waals surface area contributed by atoms with E-state index in [1.54, 1.807) is 12.1 Å². The van der Waals surface area contributed by atoms with E-state index in [1.165, 1.54) is 6.07 Å². The predicted molar refractivity (Wildman–Crippen MR) is 94.6 cm³/mol. The van der Waals surface area contributed by atoms with Gasteiger partial charge >= 0.3 is 0 Å². The van der Waals surface area contributed by atoms with Gasteiger partial charge in [-0.15, -0.1) is 0 Å². The lowest BCUT2D eigenvalue weighted by molar-refractivity contribution is -0.136. The molecule has 27 heavy (non-hydrogen) atoms. The quantitative estimate of drug-likeness (QED) is 0.608. The van der Waals surface area contributed by atoms with E-state index in [-0.39, 0.29) is 24.0 Å². The summed E-state index contributed by atoms with van der Waals surface area (Å²) in [6.07, 6.45) is 1.30. The molecule has 0 spiro atoms. The van der Waals surface area contributed by atoms with Gasteiger partial charge in [-0.25, -0.2) is 0 Å². The van der Waals surface area contributed by atoms with Crippen molar-refractivity contribution >= 4 is 35.2 Å². The molecule has 2 heterocycles. The second-order valence-corrected chi connectivity index (χ2v) is 6.56. The maximum Gasteiger partial charge on any atom is 0.264 e. The van der Waals surface area contributed by atoms with Crippen LogP contribution in [0.1, 0.15) is 53.3 Å². The van der Waals surface area contributed by atoms with Crippen LogP contribution in [0.25, 0.3) is 0 Å². The molecule has 9 heteroatoms. The predicted octanol–water partition coefficient (Wildman–Crippen LogP) is 0.154. The van der Waals surface area contributed by atoms with Gasteiger partial charge in [-0.3, -0.25) is 34.2 Å². The number of hydrogen-bond donors (Lipinski definition) is 3. The summed E-state index contributed by atoms with van der Waals surface area (Å²) in [5.41, 5.74) is 5.98. The smallest absolute Gasteiger partial charge is 0.264 e. The van der Waals surface area contributed by atoms with Crippen molar-refractivity contribution in [1.82, 2.24) is 10.2 Å². The molecule has 2 aliphatic heterocycles. The van der Waals surface area contributed by atoms with E-state index < -0.39 is 41.6 Å². The molecule has 9 nitrogen and oxygen atoms in total. The molecule has 142 valence electrons. The fraction of sp³-hybridized carbons (Fsp3) is 0.389. The fourth-order valence-electron chi connectivity index (χ4n) is 3.40. The van der Waals surface area contributed by atoms with Crippen LogP contribution in [0.15, 0.2) is 18.2 Å². The first kappa shape index (κ1) is 18.6. The number of primary amides is 1. The Labute approximate surface area is 155 Å². The van der Waals surface area contributed by atoms with E-state index in [4.69, 9.17) is 5.73 Å². The van der Waals surface area contributed by atoms with E-state index in [1.807, 2.05) is 6.92 Å². The van der Waals surface area contributed by atoms with Crippen LogP contribution in [-0.4, -0.2) is 46.5 Å². The molecule has 0 bridgehead atoms. The van der Waals surface area contributed by atoms with Gasteiger partial charge < -0.3 is 11.1 Å². The Morgan fingerprint density at radius 1 is 1.30 bits per heavy atom. The van der Waals surface area contributed by atoms with Gasteiger partial charge in [0.15, 0.2) is 0 Å². The van der Waals surface area contributed by atoms with Crippen molar-refractivity contribution < 1.29 is 24.0 Å². The van der Waals surface area contributed by atoms with Gasteiger partial charge in [0.2, 0.25) is 17.7 Å². The molecule has 0 aliphatic carbocycles. The average Bonchev–Trinajstić information content (AvgIpc) is 2.87. The van der Waals surface area contributed by atoms with Gasteiger partial charge in [0.1, 0.15) is 12.1 Å². The van der Waals surface area contributed by atoms with Gasteiger partial charge in [-0.2, -0.15) is 0 Å². The first-order valence-corrected chi connectivity index (χ1v) is 8.75.